The number of amides is 2. The van der Waals surface area contributed by atoms with E-state index in [1.165, 1.54) is 72.8 Å². The molecular formula is C44H33N4O12Y. The maximum absolute atomic E-state index is 12.4. The van der Waals surface area contributed by atoms with Crippen molar-refractivity contribution in [2.75, 3.05) is 0 Å². The van der Waals surface area contributed by atoms with Gasteiger partial charge in [0.15, 0.2) is 0 Å². The summed E-state index contributed by atoms with van der Waals surface area (Å²) in [5.74, 6) is -2.97. The number of phenols is 5. The summed E-state index contributed by atoms with van der Waals surface area (Å²) in [5.41, 5.74) is 6.90. The van der Waals surface area contributed by atoms with Crippen molar-refractivity contribution in [3.63, 3.8) is 0 Å². The van der Waals surface area contributed by atoms with Crippen LogP contribution in [0.1, 0.15) is 68.0 Å². The van der Waals surface area contributed by atoms with Crippen LogP contribution in [-0.2, 0) is 32.7 Å². The molecule has 61 heavy (non-hydrogen) atoms. The number of benzene rings is 6. The fraction of sp³-hybridized carbons (Fsp3) is 0.0909. The minimum Gasteiger partial charge on any atom is -0.872 e. The van der Waals surface area contributed by atoms with Gasteiger partial charge in [-0.2, -0.15) is 10.2 Å². The molecule has 0 bridgehead atoms. The molecule has 2 atom stereocenters. The number of hydrogen-bond acceptors (Lipinski definition) is 14. The van der Waals surface area contributed by atoms with Gasteiger partial charge < -0.3 is 50.3 Å². The SMILES string of the molecule is O=C(N/N=C1\CC(c2ccc(O)cc2)Oc2cc(O)cc(O)c21)c1ccccc1[O-].O=C(N/N=C1\CC(c2ccc(O)cc2)Oc2cc(O)cc([O-])c21)c1ccccc1[O-].[Y+3]. The molecule has 7 N–H and O–H groups in total. The molecule has 2 unspecified atom stereocenters. The Morgan fingerprint density at radius 2 is 0.934 bits per heavy atom. The normalized spacial score (nSPS) is 16.3. The Morgan fingerprint density at radius 3 is 1.39 bits per heavy atom. The van der Waals surface area contributed by atoms with Gasteiger partial charge in [-0.25, -0.2) is 10.9 Å². The number of nitrogens with zero attached hydrogens (tertiary/aromatic N) is 2. The molecule has 17 heteroatoms. The fourth-order valence-electron chi connectivity index (χ4n) is 6.49. The van der Waals surface area contributed by atoms with E-state index in [0.29, 0.717) is 11.3 Å². The van der Waals surface area contributed by atoms with Crippen LogP contribution in [-0.4, -0.2) is 48.8 Å². The van der Waals surface area contributed by atoms with Gasteiger partial charge in [-0.15, -0.1) is 0 Å². The number of ether oxygens (including phenoxy) is 2. The topological polar surface area (TPSA) is 272 Å². The van der Waals surface area contributed by atoms with Crippen molar-refractivity contribution < 1.29 is 92.6 Å². The zero-order valence-corrected chi connectivity index (χ0v) is 34.5. The average molecular weight is 899 g/mol. The Bertz CT molecular complexity index is 2470. The quantitative estimate of drug-likeness (QED) is 0.114. The van der Waals surface area contributed by atoms with Crippen molar-refractivity contribution in [1.82, 2.24) is 10.9 Å². The molecule has 8 rings (SSSR count). The number of hydrazone groups is 2. The van der Waals surface area contributed by atoms with Gasteiger partial charge in [0.05, 0.1) is 17.0 Å². The molecule has 304 valence electrons. The standard InChI is InChI=1S/2C22H18N2O6.Y/c2*25-13-7-5-12(6-8-13)19-11-16(21-18(28)9-14(26)10-20(21)30-19)23-24-22(29)15-3-1-2-4-17(15)27;/h2*1-10,19,25-28H,11H2,(H,24,29);/q;;+3/p-3/b2*23-16+;. The second-order valence-corrected chi connectivity index (χ2v) is 13.5. The van der Waals surface area contributed by atoms with Gasteiger partial charge in [0.2, 0.25) is 0 Å². The van der Waals surface area contributed by atoms with E-state index in [2.05, 4.69) is 21.1 Å². The Balaban J connectivity index is 0.000000201. The fourth-order valence-corrected chi connectivity index (χ4v) is 6.49. The smallest absolute Gasteiger partial charge is 0.872 e. The molecule has 16 nitrogen and oxygen atoms in total. The van der Waals surface area contributed by atoms with Crippen LogP contribution in [0.15, 0.2) is 132 Å². The van der Waals surface area contributed by atoms with Gasteiger partial charge in [-0.3, -0.25) is 9.59 Å². The van der Waals surface area contributed by atoms with Crippen LogP contribution < -0.4 is 35.6 Å². The minimum atomic E-state index is -0.700. The Morgan fingerprint density at radius 1 is 0.525 bits per heavy atom. The predicted octanol–water partition coefficient (Wildman–Crippen LogP) is 4.44. The van der Waals surface area contributed by atoms with Crippen molar-refractivity contribution in [3.8, 4) is 57.5 Å². The molecule has 0 saturated heterocycles. The second kappa shape index (κ2) is 18.7. The van der Waals surface area contributed by atoms with Gasteiger partial charge in [0.25, 0.3) is 11.8 Å². The first-order valence-electron chi connectivity index (χ1n) is 18.1. The zero-order chi connectivity index (χ0) is 42.5. The summed E-state index contributed by atoms with van der Waals surface area (Å²) in [5, 5.41) is 93.3. The number of phenolic OH excluding ortho intramolecular Hbond substituents is 5. The van der Waals surface area contributed by atoms with E-state index in [1.54, 1.807) is 36.4 Å². The van der Waals surface area contributed by atoms with Crippen molar-refractivity contribution in [2.45, 2.75) is 25.0 Å². The molecule has 0 spiro atoms. The first-order valence-corrected chi connectivity index (χ1v) is 18.1. The van der Waals surface area contributed by atoms with E-state index in [-0.39, 0.29) is 114 Å². The Labute approximate surface area is 372 Å². The van der Waals surface area contributed by atoms with Gasteiger partial charge in [0.1, 0.15) is 52.5 Å². The number of carbonyl (C=O) groups is 2. The molecule has 0 aliphatic carbocycles. The van der Waals surface area contributed by atoms with Crippen LogP contribution in [0.25, 0.3) is 0 Å². The number of nitrogens with one attached hydrogen (secondary N) is 2. The number of hydrogen-bond donors (Lipinski definition) is 7. The number of carbonyl (C=O) groups excluding carboxylic acids is 2. The van der Waals surface area contributed by atoms with Crippen LogP contribution in [0.5, 0.6) is 57.5 Å². The Hall–Kier alpha value is -7.30. The molecule has 2 aliphatic heterocycles. The monoisotopic (exact) mass is 898 g/mol. The first-order chi connectivity index (χ1) is 28.8. The predicted molar refractivity (Wildman–Crippen MR) is 209 cm³/mol. The van der Waals surface area contributed by atoms with Crippen molar-refractivity contribution in [3.05, 3.63) is 155 Å². The third-order valence-electron chi connectivity index (χ3n) is 9.37. The second-order valence-electron chi connectivity index (χ2n) is 13.5. The van der Waals surface area contributed by atoms with Crippen molar-refractivity contribution in [2.24, 2.45) is 10.2 Å². The van der Waals surface area contributed by atoms with Crippen LogP contribution in [0.3, 0.4) is 0 Å². The summed E-state index contributed by atoms with van der Waals surface area (Å²) < 4.78 is 11.8. The van der Waals surface area contributed by atoms with Crippen molar-refractivity contribution in [1.29, 1.82) is 0 Å². The number of rotatable bonds is 6. The molecule has 0 saturated carbocycles. The number of para-hydroxylation sites is 2. The van der Waals surface area contributed by atoms with Crippen molar-refractivity contribution >= 4 is 23.2 Å². The van der Waals surface area contributed by atoms with E-state index in [1.807, 2.05) is 0 Å². The Kier molecular flexibility index (Phi) is 13.3. The third-order valence-corrected chi connectivity index (χ3v) is 9.37. The first kappa shape index (κ1) is 43.3. The largest absolute Gasteiger partial charge is 3.00 e. The van der Waals surface area contributed by atoms with E-state index in [4.69, 9.17) is 9.47 Å². The van der Waals surface area contributed by atoms with Crippen LogP contribution >= 0.6 is 0 Å². The summed E-state index contributed by atoms with van der Waals surface area (Å²) in [6.07, 6.45) is -0.768. The van der Waals surface area contributed by atoms with E-state index in [9.17, 15) is 50.4 Å². The molecular weight excluding hydrogens is 865 g/mol. The maximum atomic E-state index is 12.4. The third kappa shape index (κ3) is 9.95. The van der Waals surface area contributed by atoms with Crippen LogP contribution in [0.2, 0.25) is 0 Å². The number of fused-ring (bicyclic) bond motifs is 2. The van der Waals surface area contributed by atoms with Crippen LogP contribution in [0, 0.1) is 0 Å². The molecule has 2 aliphatic rings. The molecule has 0 aromatic heterocycles. The van der Waals surface area contributed by atoms with Gasteiger partial charge in [-0.05, 0) is 41.5 Å². The van der Waals surface area contributed by atoms with Gasteiger partial charge in [0, 0.05) is 47.7 Å². The van der Waals surface area contributed by atoms with E-state index >= 15 is 0 Å². The van der Waals surface area contributed by atoms with E-state index in [0.717, 1.165) is 17.7 Å². The zero-order valence-electron chi connectivity index (χ0n) is 31.7. The summed E-state index contributed by atoms with van der Waals surface area (Å²) >= 11 is 0. The number of aromatic hydroxyl groups is 5. The molecule has 2 heterocycles. The summed E-state index contributed by atoms with van der Waals surface area (Å²) in [6, 6.07) is 29.0. The van der Waals surface area contributed by atoms with Gasteiger partial charge in [-0.1, -0.05) is 90.0 Å². The summed E-state index contributed by atoms with van der Waals surface area (Å²) in [4.78, 5) is 24.7. The summed E-state index contributed by atoms with van der Waals surface area (Å²) in [6.45, 7) is 0. The molecule has 0 radical (unpaired) electrons. The van der Waals surface area contributed by atoms with Crippen LogP contribution in [0.4, 0.5) is 0 Å². The molecule has 2 amide bonds. The molecule has 0 fully saturated rings. The van der Waals surface area contributed by atoms with Gasteiger partial charge >= 0.3 is 32.7 Å². The summed E-state index contributed by atoms with van der Waals surface area (Å²) in [7, 11) is 0. The molecule has 6 aromatic carbocycles. The van der Waals surface area contributed by atoms with E-state index < -0.39 is 41.3 Å². The maximum Gasteiger partial charge on any atom is 3.00 e. The average Bonchev–Trinajstić information content (AvgIpc) is 3.22. The minimum absolute atomic E-state index is 0. The molecule has 6 aromatic rings.